The molecule has 91 heavy (non-hydrogen) atoms. The summed E-state index contributed by atoms with van der Waals surface area (Å²) in [5.41, 5.74) is -3.96. The van der Waals surface area contributed by atoms with Crippen molar-refractivity contribution in [2.75, 3.05) is 109 Å². The Labute approximate surface area is 537 Å². The molecule has 2 fully saturated rings. The van der Waals surface area contributed by atoms with Crippen LogP contribution in [0.4, 0.5) is 101 Å². The summed E-state index contributed by atoms with van der Waals surface area (Å²) in [6.07, 6.45) is 3.66. The van der Waals surface area contributed by atoms with Gasteiger partial charge in [-0.2, -0.15) is 13.2 Å². The molecule has 0 aliphatic carbocycles. The number of methoxy groups -OCH3 is 3. The van der Waals surface area contributed by atoms with Crippen molar-refractivity contribution >= 4 is 108 Å². The number of anilines is 6. The monoisotopic (exact) mass is 1440 g/mol. The number of nitrogens with zero attached hydrogens (tertiary/aromatic N) is 4. The van der Waals surface area contributed by atoms with Gasteiger partial charge < -0.3 is 69.7 Å². The van der Waals surface area contributed by atoms with Crippen molar-refractivity contribution < 1.29 is 148 Å². The number of epoxide rings is 1. The van der Waals surface area contributed by atoms with E-state index in [1.54, 1.807) is 0 Å². The predicted molar refractivity (Wildman–Crippen MR) is 301 cm³/mol. The quantitative estimate of drug-likeness (QED) is 0.0130. The van der Waals surface area contributed by atoms with Crippen molar-refractivity contribution in [2.45, 2.75) is 55.9 Å². The summed E-state index contributed by atoms with van der Waals surface area (Å²) >= 11 is 1.96. The van der Waals surface area contributed by atoms with Crippen molar-refractivity contribution in [1.82, 2.24) is 10.6 Å². The van der Waals surface area contributed by atoms with E-state index in [1.807, 2.05) is 22.6 Å². The summed E-state index contributed by atoms with van der Waals surface area (Å²) in [5.74, 6) is -12.3. The van der Waals surface area contributed by atoms with Gasteiger partial charge in [-0.25, -0.2) is 62.3 Å². The second-order valence-electron chi connectivity index (χ2n) is 18.2. The second kappa shape index (κ2) is 37.1. The average molecular weight is 1440 g/mol. The van der Waals surface area contributed by atoms with Gasteiger partial charge in [-0.15, -0.1) is 0 Å². The molecule has 5 heterocycles. The topological polar surface area (TPSA) is 321 Å². The Morgan fingerprint density at radius 2 is 1.15 bits per heavy atom. The van der Waals surface area contributed by atoms with Crippen LogP contribution in [-0.4, -0.2) is 162 Å². The number of nitrogens with two attached hydrogens (primary N) is 1. The number of benzene rings is 3. The van der Waals surface area contributed by atoms with Gasteiger partial charge in [0.05, 0.1) is 63.8 Å². The van der Waals surface area contributed by atoms with Crippen LogP contribution in [0.15, 0.2) is 55.0 Å². The number of cyclic esters (lactones) is 1. The minimum atomic E-state index is -6.09. The Kier molecular flexibility index (Phi) is 31.7. The average Bonchev–Trinajstić information content (AvgIpc) is 1.34. The van der Waals surface area contributed by atoms with Crippen molar-refractivity contribution in [3.05, 3.63) is 107 Å². The molecule has 5 aliphatic rings. The van der Waals surface area contributed by atoms with E-state index < -0.39 is 139 Å². The minimum absolute atomic E-state index is 0. The van der Waals surface area contributed by atoms with E-state index in [9.17, 15) is 91.4 Å². The zero-order valence-electron chi connectivity index (χ0n) is 49.1. The predicted octanol–water partition coefficient (Wildman–Crippen LogP) is 4.03. The summed E-state index contributed by atoms with van der Waals surface area (Å²) in [6, 6.07) is 2.19. The van der Waals surface area contributed by atoms with Crippen molar-refractivity contribution in [1.29, 1.82) is 0 Å². The number of ketones is 3. The van der Waals surface area contributed by atoms with E-state index in [-0.39, 0.29) is 114 Å². The number of aliphatic hydroxyl groups excluding tert-OH is 1. The van der Waals surface area contributed by atoms with E-state index in [4.69, 9.17) is 29.5 Å². The molecular weight excluding hydrogens is 1390 g/mol. The van der Waals surface area contributed by atoms with E-state index in [2.05, 4.69) is 30.2 Å². The number of aliphatic hydroxyl groups is 1. The number of hydrogen-bond acceptors (Lipinski definition) is 21. The summed E-state index contributed by atoms with van der Waals surface area (Å²) < 4.78 is 215. The number of hydrogen-bond donors (Lipinski definition) is 5. The number of allylic oxidation sites excluding steroid dienone is 3. The molecule has 3 aromatic carbocycles. The fourth-order valence-electron chi connectivity index (χ4n) is 7.40. The van der Waals surface area contributed by atoms with Crippen LogP contribution in [-0.2, 0) is 53.0 Å². The zero-order valence-corrected chi connectivity index (χ0v) is 51.1. The molecule has 0 spiro atoms. The fraction of sp³-hybridized carbons (Fsp3) is 0.404. The summed E-state index contributed by atoms with van der Waals surface area (Å²) in [5, 5.41) is 16.8. The Bertz CT molecular complexity index is 3330. The van der Waals surface area contributed by atoms with Crippen LogP contribution in [0.25, 0.3) is 0 Å². The summed E-state index contributed by atoms with van der Waals surface area (Å²) in [7, 11) is -2.39. The summed E-state index contributed by atoms with van der Waals surface area (Å²) in [6.45, 7) is 0.830. The van der Waals surface area contributed by atoms with Gasteiger partial charge in [-0.1, -0.05) is 22.6 Å². The zero-order chi connectivity index (χ0) is 68.7. The number of halogens is 13. The van der Waals surface area contributed by atoms with Gasteiger partial charge in [0.2, 0.25) is 0 Å². The van der Waals surface area contributed by atoms with Gasteiger partial charge in [0.15, 0.2) is 79.8 Å². The first-order valence-corrected chi connectivity index (χ1v) is 28.4. The molecule has 0 unspecified atom stereocenters. The van der Waals surface area contributed by atoms with Crippen LogP contribution in [0, 0.1) is 52.4 Å². The molecule has 0 aromatic heterocycles. The number of esters is 1. The molecule has 6 N–H and O–H groups in total. The number of carbonyl (C=O) groups excluding carboxylic acids is 7. The standard InChI is InChI=1S/C18H17F3N2O5.C16H18F3N3O4.C11H9F3N2O.C5H9NO3.CHF3O3S.CH3I.Li/c1-27-14(25)3-2-11-9-23(18(26)28-11)13-8-12(19)17(16(21)15(13)20)22-6-4-10(24)5-7-22;1-26-16(25)21-8-10(24)7-20-12-6-11(17)15(14(19)13(12)18)22-4-2-9(23)3-5-22;12-7-5-8(15)9(13)10(14)11(7)16-3-1-6(17)2-4-16;1-8-5(7)6-2-4-3-9-4;2-1(3,4)8(5,6)7;1-2;/h4,6,8,11H,2-3,5,7,9H2,1H3;2,4,6,10,20,24H,3,5,7-8H2,1H3,(H,21,25);1,3,5H,2,4,15H2;4H,2-3H2,1H3,(H,6,7);(H,5,6,7);1H3;/q;;;;;;+1/p-1/t11-;10-;;4-;;;/m01.0.../s1/i;;;;;1D;. The number of nitrogens with one attached hydrogen (secondary N) is 3. The Morgan fingerprint density at radius 1 is 0.725 bits per heavy atom. The number of carbonyl (C=O) groups is 7. The van der Waals surface area contributed by atoms with Gasteiger partial charge in [-0.3, -0.25) is 24.1 Å². The molecule has 3 atom stereocenters. The largest absolute Gasteiger partial charge is 1.00 e. The Hall–Kier alpha value is -7.51. The van der Waals surface area contributed by atoms with Crippen LogP contribution in [0.5, 0.6) is 0 Å². The van der Waals surface area contributed by atoms with Gasteiger partial charge in [-0.05, 0) is 29.6 Å². The van der Waals surface area contributed by atoms with Crippen molar-refractivity contribution in [2.24, 2.45) is 0 Å². The number of ether oxygens (including phenoxy) is 5. The third kappa shape index (κ3) is 24.2. The van der Waals surface area contributed by atoms with Crippen LogP contribution in [0.3, 0.4) is 0 Å². The fourth-order valence-corrected chi connectivity index (χ4v) is 7.40. The van der Waals surface area contributed by atoms with E-state index >= 15 is 0 Å². The molecule has 0 bridgehead atoms. The van der Waals surface area contributed by atoms with Gasteiger partial charge >= 0.3 is 48.6 Å². The molecule has 39 heteroatoms. The number of alkyl carbamates (subject to hydrolysis) is 2. The molecule has 2 saturated heterocycles. The second-order valence-corrected chi connectivity index (χ2v) is 19.6. The van der Waals surface area contributed by atoms with E-state index in [0.29, 0.717) is 17.5 Å². The maximum Gasteiger partial charge on any atom is 1.00 e. The molecule has 8 rings (SSSR count). The SMILES string of the molecule is COC(=O)CC[C@H]1CN(c2cc(F)c(N3C=CC(=O)CC3)c(F)c2F)C(=O)O1.COC(=O)NC[C@H](O)CNc1cc(F)c(N2C=CC(=O)CC2)c(F)c1F.COC(=O)NC[C@H]1CO1.Nc1cc(F)c(N2C=CC(=O)CC2)c(F)c1F.O=S(=O)([O-])C(F)(F)F.[2H]CI.[Li+]. The van der Waals surface area contributed by atoms with Crippen LogP contribution in [0.1, 0.15) is 33.5 Å². The first-order valence-electron chi connectivity index (χ1n) is 26.2. The maximum absolute atomic E-state index is 14.6. The van der Waals surface area contributed by atoms with E-state index in [1.165, 1.54) is 38.9 Å². The molecule has 24 nitrogen and oxygen atoms in total. The molecule has 5 aliphatic heterocycles. The third-order valence-corrected chi connectivity index (χ3v) is 12.6. The Balaban J connectivity index is 0.000000413. The van der Waals surface area contributed by atoms with Gasteiger partial charge in [0.1, 0.15) is 23.2 Å². The molecule has 3 amide bonds. The first-order chi connectivity index (χ1) is 42.6. The number of amides is 3. The van der Waals surface area contributed by atoms with Gasteiger partial charge in [0, 0.05) is 103 Å². The molecule has 0 radical (unpaired) electrons. The smallest absolute Gasteiger partial charge is 0.741 e. The molecule has 498 valence electrons. The van der Waals surface area contributed by atoms with Crippen molar-refractivity contribution in [3.63, 3.8) is 0 Å². The minimum Gasteiger partial charge on any atom is -0.741 e. The van der Waals surface area contributed by atoms with Crippen LogP contribution >= 0.6 is 22.6 Å². The molecule has 3 aromatic rings. The number of nitrogen functional groups attached to an aromatic ring is 1. The van der Waals surface area contributed by atoms with E-state index in [0.717, 1.165) is 57.6 Å². The normalized spacial score (nSPS) is 16.8. The Morgan fingerprint density at radius 3 is 1.57 bits per heavy atom. The van der Waals surface area contributed by atoms with Crippen molar-refractivity contribution in [3.8, 4) is 0 Å². The number of rotatable bonds is 14. The van der Waals surface area contributed by atoms with Gasteiger partial charge in [0.25, 0.3) is 0 Å². The maximum atomic E-state index is 14.6. The first kappa shape index (κ1) is 77.7. The summed E-state index contributed by atoms with van der Waals surface area (Å²) in [4.78, 5) is 82.4. The number of alkyl halides is 4. The third-order valence-electron chi connectivity index (χ3n) is 12.0. The van der Waals surface area contributed by atoms with Crippen LogP contribution < -0.4 is 60.1 Å². The van der Waals surface area contributed by atoms with Crippen LogP contribution in [0.2, 0.25) is 0 Å². The molecular formula is C52H56F12ILiN8O16S. The molecule has 0 saturated carbocycles.